The van der Waals surface area contributed by atoms with E-state index >= 15 is 0 Å². The Bertz CT molecular complexity index is 522. The van der Waals surface area contributed by atoms with Crippen LogP contribution in [0, 0.1) is 0 Å². The molecule has 5 heteroatoms. The van der Waals surface area contributed by atoms with Crippen LogP contribution >= 0.6 is 28.1 Å². The molecule has 2 unspecified atom stereocenters. The summed E-state index contributed by atoms with van der Waals surface area (Å²) in [6, 6.07) is 6.38. The highest BCUT2D eigenvalue weighted by atomic mass is 79.9. The van der Waals surface area contributed by atoms with Crippen LogP contribution in [0.5, 0.6) is 5.75 Å². The molecule has 0 spiro atoms. The summed E-state index contributed by atoms with van der Waals surface area (Å²) < 4.78 is 7.27. The van der Waals surface area contributed by atoms with E-state index < -0.39 is 0 Å². The van der Waals surface area contributed by atoms with Gasteiger partial charge >= 0.3 is 0 Å². The minimum absolute atomic E-state index is 0.242. The first-order valence-corrected chi connectivity index (χ1v) is 7.30. The number of nitrogens with zero attached hydrogens (tertiary/aromatic N) is 1. The predicted molar refractivity (Wildman–Crippen MR) is 78.6 cm³/mol. The smallest absolute Gasteiger partial charge is 0.184 e. The standard InChI is InChI=1S/C13H15BrN2OS/c1-3-16-12(18)15-10-7-13(16,2)17-11-5-4-8(14)6-9(10)11/h4-6,10H,3,7H2,1-2H3,(H,15,18). The Hall–Kier alpha value is -0.810. The van der Waals surface area contributed by atoms with Gasteiger partial charge in [0.25, 0.3) is 0 Å². The Kier molecular flexibility index (Phi) is 2.79. The topological polar surface area (TPSA) is 24.5 Å². The van der Waals surface area contributed by atoms with Gasteiger partial charge in [0, 0.05) is 23.0 Å². The summed E-state index contributed by atoms with van der Waals surface area (Å²) in [7, 11) is 0. The van der Waals surface area contributed by atoms with Crippen LogP contribution in [0.1, 0.15) is 31.9 Å². The van der Waals surface area contributed by atoms with Crippen molar-refractivity contribution in [3.05, 3.63) is 28.2 Å². The molecule has 1 fully saturated rings. The zero-order valence-corrected chi connectivity index (χ0v) is 12.8. The van der Waals surface area contributed by atoms with Gasteiger partial charge in [0.15, 0.2) is 10.8 Å². The normalized spacial score (nSPS) is 29.4. The number of hydrogen-bond acceptors (Lipinski definition) is 2. The molecule has 2 aliphatic heterocycles. The highest BCUT2D eigenvalue weighted by molar-refractivity contribution is 9.10. The lowest BCUT2D eigenvalue weighted by atomic mass is 9.91. The van der Waals surface area contributed by atoms with E-state index in [1.165, 1.54) is 5.56 Å². The first-order chi connectivity index (χ1) is 8.53. The van der Waals surface area contributed by atoms with Crippen LogP contribution in [0.15, 0.2) is 22.7 Å². The highest BCUT2D eigenvalue weighted by Crippen LogP contribution is 2.44. The van der Waals surface area contributed by atoms with Crippen molar-refractivity contribution in [1.29, 1.82) is 0 Å². The van der Waals surface area contributed by atoms with Gasteiger partial charge in [-0.1, -0.05) is 15.9 Å². The summed E-state index contributed by atoms with van der Waals surface area (Å²) in [5.74, 6) is 0.949. The Morgan fingerprint density at radius 2 is 2.39 bits per heavy atom. The molecule has 96 valence electrons. The number of fused-ring (bicyclic) bond motifs is 4. The summed E-state index contributed by atoms with van der Waals surface area (Å²) in [5, 5.41) is 4.19. The molecule has 3 nitrogen and oxygen atoms in total. The van der Waals surface area contributed by atoms with E-state index in [0.717, 1.165) is 28.3 Å². The quantitative estimate of drug-likeness (QED) is 0.801. The molecule has 0 amide bonds. The average molecular weight is 327 g/mol. The molecule has 0 saturated carbocycles. The molecular formula is C13H15BrN2OS. The summed E-state index contributed by atoms with van der Waals surface area (Å²) in [5.41, 5.74) is 0.850. The Morgan fingerprint density at radius 1 is 1.61 bits per heavy atom. The first-order valence-electron chi connectivity index (χ1n) is 6.10. The average Bonchev–Trinajstić information content (AvgIpc) is 2.30. The van der Waals surface area contributed by atoms with Crippen LogP contribution in [0.25, 0.3) is 0 Å². The molecule has 0 aliphatic carbocycles. The third kappa shape index (κ3) is 1.72. The molecule has 1 saturated heterocycles. The maximum Gasteiger partial charge on any atom is 0.184 e. The molecule has 1 aromatic carbocycles. The number of thiocarbonyl (C=S) groups is 1. The summed E-state index contributed by atoms with van der Waals surface area (Å²) in [6.07, 6.45) is 0.907. The van der Waals surface area contributed by atoms with E-state index in [4.69, 9.17) is 17.0 Å². The molecule has 0 aromatic heterocycles. The number of halogens is 1. The van der Waals surface area contributed by atoms with Gasteiger partial charge in [-0.3, -0.25) is 0 Å². The fourth-order valence-electron chi connectivity index (χ4n) is 2.87. The van der Waals surface area contributed by atoms with Crippen molar-refractivity contribution in [2.75, 3.05) is 6.54 Å². The van der Waals surface area contributed by atoms with Crippen LogP contribution in [-0.4, -0.2) is 22.3 Å². The second-order valence-corrected chi connectivity index (χ2v) is 6.21. The SMILES string of the molecule is CCN1C(=S)NC2CC1(C)Oc1ccc(Br)cc12. The van der Waals surface area contributed by atoms with Crippen molar-refractivity contribution in [3.63, 3.8) is 0 Å². The third-order valence-corrected chi connectivity index (χ3v) is 4.52. The van der Waals surface area contributed by atoms with Crippen molar-refractivity contribution in [2.24, 2.45) is 0 Å². The van der Waals surface area contributed by atoms with Gasteiger partial charge in [-0.15, -0.1) is 0 Å². The summed E-state index contributed by atoms with van der Waals surface area (Å²) >= 11 is 8.95. The maximum absolute atomic E-state index is 6.20. The van der Waals surface area contributed by atoms with Crippen LogP contribution < -0.4 is 10.1 Å². The number of hydrogen-bond donors (Lipinski definition) is 1. The fourth-order valence-corrected chi connectivity index (χ4v) is 3.71. The van der Waals surface area contributed by atoms with E-state index in [1.54, 1.807) is 0 Å². The number of rotatable bonds is 1. The van der Waals surface area contributed by atoms with Crippen molar-refractivity contribution in [3.8, 4) is 5.75 Å². The minimum atomic E-state index is -0.331. The van der Waals surface area contributed by atoms with Crippen molar-refractivity contribution in [1.82, 2.24) is 10.2 Å². The van der Waals surface area contributed by atoms with Gasteiger partial charge in [-0.2, -0.15) is 0 Å². The minimum Gasteiger partial charge on any atom is -0.468 e. The predicted octanol–water partition coefficient (Wildman–Crippen LogP) is 3.20. The highest BCUT2D eigenvalue weighted by Gasteiger charge is 2.46. The van der Waals surface area contributed by atoms with Crippen LogP contribution in [0.3, 0.4) is 0 Å². The Balaban J connectivity index is 2.08. The van der Waals surface area contributed by atoms with Crippen LogP contribution in [0.4, 0.5) is 0 Å². The third-order valence-electron chi connectivity index (χ3n) is 3.69. The van der Waals surface area contributed by atoms with E-state index in [2.05, 4.69) is 46.1 Å². The maximum atomic E-state index is 6.20. The van der Waals surface area contributed by atoms with Crippen molar-refractivity contribution in [2.45, 2.75) is 32.0 Å². The van der Waals surface area contributed by atoms with E-state index in [-0.39, 0.29) is 11.8 Å². The Morgan fingerprint density at radius 3 is 3.11 bits per heavy atom. The van der Waals surface area contributed by atoms with Gasteiger partial charge in [-0.25, -0.2) is 0 Å². The number of nitrogens with one attached hydrogen (secondary N) is 1. The van der Waals surface area contributed by atoms with E-state index in [9.17, 15) is 0 Å². The van der Waals surface area contributed by atoms with E-state index in [0.29, 0.717) is 0 Å². The molecule has 18 heavy (non-hydrogen) atoms. The first kappa shape index (κ1) is 12.2. The van der Waals surface area contributed by atoms with Crippen molar-refractivity contribution < 1.29 is 4.74 Å². The molecule has 2 heterocycles. The number of ether oxygens (including phenoxy) is 1. The molecule has 0 radical (unpaired) electrons. The molecule has 2 bridgehead atoms. The monoisotopic (exact) mass is 326 g/mol. The molecule has 2 aliphatic rings. The van der Waals surface area contributed by atoms with E-state index in [1.807, 2.05) is 12.1 Å². The fraction of sp³-hybridized carbons (Fsp3) is 0.462. The molecular weight excluding hydrogens is 312 g/mol. The van der Waals surface area contributed by atoms with Crippen LogP contribution in [-0.2, 0) is 0 Å². The molecule has 2 atom stereocenters. The zero-order valence-electron chi connectivity index (χ0n) is 10.4. The second-order valence-electron chi connectivity index (χ2n) is 4.91. The Labute approximate surface area is 121 Å². The zero-order chi connectivity index (χ0) is 12.9. The molecule has 3 rings (SSSR count). The van der Waals surface area contributed by atoms with Gasteiger partial charge in [0.1, 0.15) is 5.75 Å². The lowest BCUT2D eigenvalue weighted by Gasteiger charge is -2.52. The van der Waals surface area contributed by atoms with Crippen LogP contribution in [0.2, 0.25) is 0 Å². The largest absolute Gasteiger partial charge is 0.468 e. The van der Waals surface area contributed by atoms with Gasteiger partial charge in [0.05, 0.1) is 6.04 Å². The number of benzene rings is 1. The molecule has 1 N–H and O–H groups in total. The summed E-state index contributed by atoms with van der Waals surface area (Å²) in [4.78, 5) is 2.11. The summed E-state index contributed by atoms with van der Waals surface area (Å²) in [6.45, 7) is 5.06. The lowest BCUT2D eigenvalue weighted by Crippen LogP contribution is -2.64. The van der Waals surface area contributed by atoms with Crippen molar-refractivity contribution >= 4 is 33.3 Å². The second kappa shape index (κ2) is 4.10. The van der Waals surface area contributed by atoms with Gasteiger partial charge in [-0.05, 0) is 44.3 Å². The van der Waals surface area contributed by atoms with Gasteiger partial charge < -0.3 is 15.0 Å². The lowest BCUT2D eigenvalue weighted by molar-refractivity contribution is -0.0658. The van der Waals surface area contributed by atoms with Gasteiger partial charge in [0.2, 0.25) is 0 Å². The molecule has 1 aromatic rings.